The third-order valence-corrected chi connectivity index (χ3v) is 7.79. The molecule has 0 spiro atoms. The summed E-state index contributed by atoms with van der Waals surface area (Å²) in [6, 6.07) is 25.1. The second kappa shape index (κ2) is 13.4. The predicted octanol–water partition coefficient (Wildman–Crippen LogP) is 7.71. The van der Waals surface area contributed by atoms with E-state index in [2.05, 4.69) is 91.0 Å². The number of benzene rings is 2. The number of hydrogen-bond acceptors (Lipinski definition) is 5. The van der Waals surface area contributed by atoms with E-state index in [9.17, 15) is 4.79 Å². The summed E-state index contributed by atoms with van der Waals surface area (Å²) in [5.74, 6) is -0.0918. The van der Waals surface area contributed by atoms with Crippen LogP contribution in [0.2, 0.25) is 0 Å². The zero-order valence-corrected chi connectivity index (χ0v) is 23.1. The third-order valence-electron chi connectivity index (χ3n) is 6.88. The minimum atomic E-state index is -1.07. The van der Waals surface area contributed by atoms with Crippen molar-refractivity contribution in [1.29, 1.82) is 0 Å². The fourth-order valence-electron chi connectivity index (χ4n) is 4.59. The van der Waals surface area contributed by atoms with Gasteiger partial charge in [0.1, 0.15) is 6.61 Å². The zero-order valence-electron chi connectivity index (χ0n) is 22.3. The second-order valence-electron chi connectivity index (χ2n) is 9.69. The van der Waals surface area contributed by atoms with Crippen molar-refractivity contribution in [3.05, 3.63) is 105 Å². The van der Waals surface area contributed by atoms with Crippen LogP contribution in [0.3, 0.4) is 0 Å². The topological polar surface area (TPSA) is 71.5 Å². The van der Waals surface area contributed by atoms with Crippen LogP contribution in [0.15, 0.2) is 78.2 Å². The van der Waals surface area contributed by atoms with Crippen molar-refractivity contribution in [1.82, 2.24) is 10.3 Å². The Bertz CT molecular complexity index is 1310. The molecule has 198 valence electrons. The van der Waals surface area contributed by atoms with Gasteiger partial charge in [-0.3, -0.25) is 0 Å². The smallest absolute Gasteiger partial charge is 0.354 e. The number of ether oxygens (including phenoxy) is 1. The monoisotopic (exact) mass is 528 g/mol. The van der Waals surface area contributed by atoms with Gasteiger partial charge in [-0.05, 0) is 77.4 Å². The van der Waals surface area contributed by atoms with Crippen molar-refractivity contribution in [2.45, 2.75) is 65.1 Å². The van der Waals surface area contributed by atoms with Gasteiger partial charge in [-0.1, -0.05) is 68.4 Å². The van der Waals surface area contributed by atoms with Crippen molar-refractivity contribution in [2.24, 2.45) is 0 Å². The Morgan fingerprint density at radius 1 is 0.974 bits per heavy atom. The minimum absolute atomic E-state index is 0.0236. The van der Waals surface area contributed by atoms with E-state index >= 15 is 0 Å². The first-order chi connectivity index (χ1) is 18.4. The fraction of sp³-hybridized carbons (Fsp3) is 0.312. The van der Waals surface area contributed by atoms with E-state index in [0.717, 1.165) is 29.0 Å². The standard InChI is InChI=1S/C32H36N2O3S/c1-4-25(5-2)26-13-9-23(10-14-26)17-22(3)33-19-24-11-15-27(16-12-24)28-18-29(38-21-28)20-37-31-8-6-7-30(34-31)32(35)36/h6-16,18,21-22,25,33H,4-5,17,19-20H2,1-3H3,(H,35,36). The van der Waals surface area contributed by atoms with Gasteiger partial charge in [0, 0.05) is 23.5 Å². The van der Waals surface area contributed by atoms with Gasteiger partial charge < -0.3 is 15.2 Å². The summed E-state index contributed by atoms with van der Waals surface area (Å²) in [4.78, 5) is 16.1. The van der Waals surface area contributed by atoms with Gasteiger partial charge in [0.25, 0.3) is 0 Å². The van der Waals surface area contributed by atoms with Crippen LogP contribution < -0.4 is 10.1 Å². The summed E-state index contributed by atoms with van der Waals surface area (Å²) in [6.07, 6.45) is 3.39. The lowest BCUT2D eigenvalue weighted by Crippen LogP contribution is -2.27. The first-order valence-corrected chi connectivity index (χ1v) is 14.1. The predicted molar refractivity (Wildman–Crippen MR) is 155 cm³/mol. The van der Waals surface area contributed by atoms with E-state index in [0.29, 0.717) is 24.4 Å². The first-order valence-electron chi connectivity index (χ1n) is 13.3. The first kappa shape index (κ1) is 27.6. The molecule has 38 heavy (non-hydrogen) atoms. The minimum Gasteiger partial charge on any atom is -0.477 e. The number of carboxylic acids is 1. The normalized spacial score (nSPS) is 12.0. The Labute approximate surface area is 229 Å². The highest BCUT2D eigenvalue weighted by atomic mass is 32.1. The Kier molecular flexibility index (Phi) is 9.68. The van der Waals surface area contributed by atoms with Gasteiger partial charge in [-0.25, -0.2) is 9.78 Å². The summed E-state index contributed by atoms with van der Waals surface area (Å²) in [6.45, 7) is 7.95. The van der Waals surface area contributed by atoms with Crippen LogP contribution in [0.4, 0.5) is 0 Å². The highest BCUT2D eigenvalue weighted by molar-refractivity contribution is 7.10. The number of thiophene rings is 1. The van der Waals surface area contributed by atoms with Gasteiger partial charge in [0.05, 0.1) is 0 Å². The molecular weight excluding hydrogens is 492 g/mol. The van der Waals surface area contributed by atoms with Crippen LogP contribution in [0.1, 0.15) is 71.6 Å². The molecule has 0 radical (unpaired) electrons. The van der Waals surface area contributed by atoms with Crippen LogP contribution in [0.25, 0.3) is 11.1 Å². The third kappa shape index (κ3) is 7.53. The highest BCUT2D eigenvalue weighted by Crippen LogP contribution is 2.27. The summed E-state index contributed by atoms with van der Waals surface area (Å²) >= 11 is 1.62. The molecule has 0 fully saturated rings. The van der Waals surface area contributed by atoms with Crippen molar-refractivity contribution < 1.29 is 14.6 Å². The number of aromatic carboxylic acids is 1. The van der Waals surface area contributed by atoms with Gasteiger partial charge >= 0.3 is 5.97 Å². The van der Waals surface area contributed by atoms with E-state index in [-0.39, 0.29) is 5.69 Å². The molecule has 2 aromatic heterocycles. The number of nitrogens with one attached hydrogen (secondary N) is 1. The molecule has 4 rings (SSSR count). The molecule has 2 N–H and O–H groups in total. The molecule has 0 aliphatic rings. The maximum Gasteiger partial charge on any atom is 0.354 e. The van der Waals surface area contributed by atoms with Gasteiger partial charge in [-0.15, -0.1) is 11.3 Å². The van der Waals surface area contributed by atoms with Gasteiger partial charge in [0.15, 0.2) is 5.69 Å². The summed E-state index contributed by atoms with van der Waals surface area (Å²) in [7, 11) is 0. The largest absolute Gasteiger partial charge is 0.477 e. The SMILES string of the molecule is CCC(CC)c1ccc(CC(C)NCc2ccc(-c3csc(COc4cccc(C(=O)O)n4)c3)cc2)cc1. The van der Waals surface area contributed by atoms with E-state index in [1.165, 1.54) is 35.6 Å². The molecule has 1 unspecified atom stereocenters. The molecule has 0 aliphatic carbocycles. The molecule has 0 aliphatic heterocycles. The maximum absolute atomic E-state index is 11.1. The number of aromatic nitrogens is 1. The quantitative estimate of drug-likeness (QED) is 0.186. The van der Waals surface area contributed by atoms with Crippen LogP contribution in [0.5, 0.6) is 5.88 Å². The van der Waals surface area contributed by atoms with Crippen LogP contribution in [0, 0.1) is 0 Å². The molecule has 0 saturated heterocycles. The lowest BCUT2D eigenvalue weighted by atomic mass is 9.92. The van der Waals surface area contributed by atoms with Crippen LogP contribution >= 0.6 is 11.3 Å². The molecule has 0 saturated carbocycles. The molecule has 0 amide bonds. The lowest BCUT2D eigenvalue weighted by molar-refractivity contribution is 0.0689. The van der Waals surface area contributed by atoms with E-state index in [4.69, 9.17) is 9.84 Å². The van der Waals surface area contributed by atoms with E-state index in [1.54, 1.807) is 23.5 Å². The second-order valence-corrected chi connectivity index (χ2v) is 10.7. The number of hydrogen-bond donors (Lipinski definition) is 2. The van der Waals surface area contributed by atoms with Gasteiger partial charge in [0.2, 0.25) is 5.88 Å². The van der Waals surface area contributed by atoms with Crippen LogP contribution in [-0.2, 0) is 19.6 Å². The number of nitrogens with zero attached hydrogens (tertiary/aromatic N) is 1. The number of carbonyl (C=O) groups is 1. The summed E-state index contributed by atoms with van der Waals surface area (Å²) in [5.41, 5.74) is 6.36. The maximum atomic E-state index is 11.1. The number of carboxylic acid groups (broad SMARTS) is 1. The molecule has 4 aromatic rings. The van der Waals surface area contributed by atoms with E-state index in [1.807, 2.05) is 0 Å². The Morgan fingerprint density at radius 3 is 2.37 bits per heavy atom. The van der Waals surface area contributed by atoms with Gasteiger partial charge in [-0.2, -0.15) is 0 Å². The van der Waals surface area contributed by atoms with Crippen molar-refractivity contribution in [3.63, 3.8) is 0 Å². The Morgan fingerprint density at radius 2 is 1.68 bits per heavy atom. The highest BCUT2D eigenvalue weighted by Gasteiger charge is 2.10. The number of pyridine rings is 1. The molecule has 2 aromatic carbocycles. The molecule has 2 heterocycles. The summed E-state index contributed by atoms with van der Waals surface area (Å²) in [5, 5.41) is 14.9. The summed E-state index contributed by atoms with van der Waals surface area (Å²) < 4.78 is 5.70. The molecule has 1 atom stereocenters. The van der Waals surface area contributed by atoms with Crippen molar-refractivity contribution in [2.75, 3.05) is 0 Å². The zero-order chi connectivity index (χ0) is 26.9. The number of rotatable bonds is 13. The molecule has 6 heteroatoms. The fourth-order valence-corrected chi connectivity index (χ4v) is 5.39. The van der Waals surface area contributed by atoms with Crippen molar-refractivity contribution >= 4 is 17.3 Å². The van der Waals surface area contributed by atoms with Crippen LogP contribution in [-0.4, -0.2) is 22.1 Å². The molecule has 5 nitrogen and oxygen atoms in total. The molecular formula is C32H36N2O3S. The Hall–Kier alpha value is -3.48. The average Bonchev–Trinajstić information content (AvgIpc) is 3.42. The average molecular weight is 529 g/mol. The van der Waals surface area contributed by atoms with E-state index < -0.39 is 5.97 Å². The van der Waals surface area contributed by atoms with Crippen molar-refractivity contribution in [3.8, 4) is 17.0 Å². The lowest BCUT2D eigenvalue weighted by Gasteiger charge is -2.16. The Balaban J connectivity index is 1.26. The molecule has 0 bridgehead atoms.